The number of benzene rings is 1. The third-order valence-electron chi connectivity index (χ3n) is 3.49. The first-order valence-electron chi connectivity index (χ1n) is 6.44. The zero-order valence-electron chi connectivity index (χ0n) is 10.9. The lowest BCUT2D eigenvalue weighted by Crippen LogP contribution is -2.24. The minimum absolute atomic E-state index is 0.830. The van der Waals surface area contributed by atoms with Crippen LogP contribution in [-0.2, 0) is 6.54 Å². The number of nitrogens with one attached hydrogen (secondary N) is 2. The molecule has 0 aliphatic carbocycles. The first-order chi connectivity index (χ1) is 8.28. The molecule has 0 bridgehead atoms. The zero-order valence-corrected chi connectivity index (χ0v) is 10.9. The molecule has 1 fully saturated rings. The second-order valence-electron chi connectivity index (χ2n) is 4.99. The minimum atomic E-state index is 0.830. The van der Waals surface area contributed by atoms with E-state index in [1.807, 2.05) is 7.05 Å². The van der Waals surface area contributed by atoms with Gasteiger partial charge in [-0.05, 0) is 50.2 Å². The molecule has 0 radical (unpaired) electrons. The molecule has 3 nitrogen and oxygen atoms in total. The number of hydrogen-bond acceptors (Lipinski definition) is 3. The molecule has 1 aromatic rings. The monoisotopic (exact) mass is 233 g/mol. The molecule has 0 aromatic heterocycles. The molecule has 0 amide bonds. The van der Waals surface area contributed by atoms with Gasteiger partial charge in [0.1, 0.15) is 0 Å². The van der Waals surface area contributed by atoms with E-state index in [2.05, 4.69) is 46.8 Å². The van der Waals surface area contributed by atoms with Gasteiger partial charge in [-0.1, -0.05) is 12.1 Å². The minimum Gasteiger partial charge on any atom is -0.388 e. The van der Waals surface area contributed by atoms with E-state index in [1.165, 1.54) is 30.8 Å². The van der Waals surface area contributed by atoms with Crippen LogP contribution in [0.1, 0.15) is 12.0 Å². The van der Waals surface area contributed by atoms with Crippen molar-refractivity contribution in [2.45, 2.75) is 13.0 Å². The number of nitrogens with zero attached hydrogens (tertiary/aromatic N) is 1. The molecule has 1 aliphatic rings. The Bertz CT molecular complexity index is 334. The van der Waals surface area contributed by atoms with E-state index in [0.717, 1.165) is 19.0 Å². The predicted molar refractivity (Wildman–Crippen MR) is 73.3 cm³/mol. The van der Waals surface area contributed by atoms with Gasteiger partial charge in [0.05, 0.1) is 0 Å². The van der Waals surface area contributed by atoms with Crippen molar-refractivity contribution in [2.75, 3.05) is 39.0 Å². The van der Waals surface area contributed by atoms with Crippen LogP contribution in [0, 0.1) is 5.92 Å². The zero-order chi connectivity index (χ0) is 12.1. The van der Waals surface area contributed by atoms with E-state index in [-0.39, 0.29) is 0 Å². The maximum Gasteiger partial charge on any atom is 0.0337 e. The van der Waals surface area contributed by atoms with Crippen molar-refractivity contribution in [2.24, 2.45) is 5.92 Å². The van der Waals surface area contributed by atoms with Crippen LogP contribution in [0.3, 0.4) is 0 Å². The molecule has 0 saturated carbocycles. The Kier molecular flexibility index (Phi) is 4.40. The predicted octanol–water partition coefficient (Wildman–Crippen LogP) is 1.77. The Labute approximate surface area is 104 Å². The standard InChI is InChI=1S/C14H23N3/c1-15-14-5-3-12(4-6-14)9-16-10-13-7-8-17(2)11-13/h3-6,13,15-16H,7-11H2,1-2H3. The van der Waals surface area contributed by atoms with E-state index >= 15 is 0 Å². The lowest BCUT2D eigenvalue weighted by atomic mass is 10.1. The summed E-state index contributed by atoms with van der Waals surface area (Å²) in [6.07, 6.45) is 1.34. The van der Waals surface area contributed by atoms with E-state index in [4.69, 9.17) is 0 Å². The van der Waals surface area contributed by atoms with Gasteiger partial charge in [0.25, 0.3) is 0 Å². The van der Waals surface area contributed by atoms with Gasteiger partial charge >= 0.3 is 0 Å². The van der Waals surface area contributed by atoms with Crippen molar-refractivity contribution < 1.29 is 0 Å². The molecule has 3 heteroatoms. The summed E-state index contributed by atoms with van der Waals surface area (Å²) in [6.45, 7) is 4.61. The number of likely N-dealkylation sites (tertiary alicyclic amines) is 1. The van der Waals surface area contributed by atoms with Crippen LogP contribution < -0.4 is 10.6 Å². The second kappa shape index (κ2) is 6.03. The van der Waals surface area contributed by atoms with Gasteiger partial charge in [-0.2, -0.15) is 0 Å². The molecule has 1 unspecified atom stereocenters. The summed E-state index contributed by atoms with van der Waals surface area (Å²) in [5.74, 6) is 0.830. The molecule has 94 valence electrons. The maximum absolute atomic E-state index is 3.55. The highest BCUT2D eigenvalue weighted by Crippen LogP contribution is 2.13. The average Bonchev–Trinajstić information content (AvgIpc) is 2.76. The van der Waals surface area contributed by atoms with Crippen LogP contribution in [0.2, 0.25) is 0 Å². The Morgan fingerprint density at radius 1 is 1.29 bits per heavy atom. The molecule has 1 atom stereocenters. The third-order valence-corrected chi connectivity index (χ3v) is 3.49. The summed E-state index contributed by atoms with van der Waals surface area (Å²) in [6, 6.07) is 8.61. The van der Waals surface area contributed by atoms with Crippen LogP contribution in [-0.4, -0.2) is 38.6 Å². The summed E-state index contributed by atoms with van der Waals surface area (Å²) >= 11 is 0. The van der Waals surface area contributed by atoms with Gasteiger partial charge < -0.3 is 15.5 Å². The van der Waals surface area contributed by atoms with Crippen molar-refractivity contribution in [3.63, 3.8) is 0 Å². The van der Waals surface area contributed by atoms with E-state index in [0.29, 0.717) is 0 Å². The van der Waals surface area contributed by atoms with E-state index in [1.54, 1.807) is 0 Å². The Morgan fingerprint density at radius 3 is 2.65 bits per heavy atom. The SMILES string of the molecule is CNc1ccc(CNCC2CCN(C)C2)cc1. The van der Waals surface area contributed by atoms with Crippen molar-refractivity contribution in [1.82, 2.24) is 10.2 Å². The molecule has 1 aliphatic heterocycles. The molecule has 2 N–H and O–H groups in total. The second-order valence-corrected chi connectivity index (χ2v) is 4.99. The number of hydrogen-bond donors (Lipinski definition) is 2. The summed E-state index contributed by atoms with van der Waals surface area (Å²) in [5, 5.41) is 6.69. The number of rotatable bonds is 5. The van der Waals surface area contributed by atoms with Crippen LogP contribution in [0.4, 0.5) is 5.69 Å². The first kappa shape index (κ1) is 12.4. The van der Waals surface area contributed by atoms with Crippen molar-refractivity contribution in [3.8, 4) is 0 Å². The van der Waals surface area contributed by atoms with Crippen molar-refractivity contribution >= 4 is 5.69 Å². The Hall–Kier alpha value is -1.06. The average molecular weight is 233 g/mol. The van der Waals surface area contributed by atoms with E-state index < -0.39 is 0 Å². The topological polar surface area (TPSA) is 27.3 Å². The molecular formula is C14H23N3. The van der Waals surface area contributed by atoms with Gasteiger partial charge in [0.15, 0.2) is 0 Å². The Morgan fingerprint density at radius 2 is 2.06 bits per heavy atom. The fraction of sp³-hybridized carbons (Fsp3) is 0.571. The molecule has 17 heavy (non-hydrogen) atoms. The molecule has 0 spiro atoms. The largest absolute Gasteiger partial charge is 0.388 e. The van der Waals surface area contributed by atoms with Crippen molar-refractivity contribution in [1.29, 1.82) is 0 Å². The normalized spacial score (nSPS) is 20.7. The van der Waals surface area contributed by atoms with Gasteiger partial charge in [-0.15, -0.1) is 0 Å². The van der Waals surface area contributed by atoms with Crippen LogP contribution >= 0.6 is 0 Å². The van der Waals surface area contributed by atoms with Gasteiger partial charge in [-0.3, -0.25) is 0 Å². The van der Waals surface area contributed by atoms with Gasteiger partial charge in [-0.25, -0.2) is 0 Å². The summed E-state index contributed by atoms with van der Waals surface area (Å²) < 4.78 is 0. The highest BCUT2D eigenvalue weighted by molar-refractivity contribution is 5.43. The Balaban J connectivity index is 1.70. The highest BCUT2D eigenvalue weighted by atomic mass is 15.1. The smallest absolute Gasteiger partial charge is 0.0337 e. The highest BCUT2D eigenvalue weighted by Gasteiger charge is 2.18. The lowest BCUT2D eigenvalue weighted by molar-refractivity contribution is 0.388. The fourth-order valence-corrected chi connectivity index (χ4v) is 2.40. The lowest BCUT2D eigenvalue weighted by Gasteiger charge is -2.11. The summed E-state index contributed by atoms with van der Waals surface area (Å²) in [7, 11) is 4.15. The molecule has 1 aromatic carbocycles. The van der Waals surface area contributed by atoms with Gasteiger partial charge in [0.2, 0.25) is 0 Å². The quantitative estimate of drug-likeness (QED) is 0.811. The fourth-order valence-electron chi connectivity index (χ4n) is 2.40. The van der Waals surface area contributed by atoms with Crippen molar-refractivity contribution in [3.05, 3.63) is 29.8 Å². The molecule has 1 heterocycles. The number of anilines is 1. The summed E-state index contributed by atoms with van der Waals surface area (Å²) in [4.78, 5) is 2.41. The van der Waals surface area contributed by atoms with Crippen LogP contribution in [0.15, 0.2) is 24.3 Å². The molecule has 1 saturated heterocycles. The maximum atomic E-state index is 3.55. The third kappa shape index (κ3) is 3.72. The van der Waals surface area contributed by atoms with Crippen LogP contribution in [0.25, 0.3) is 0 Å². The first-order valence-corrected chi connectivity index (χ1v) is 6.44. The molecule has 2 rings (SSSR count). The molecular weight excluding hydrogens is 210 g/mol. The van der Waals surface area contributed by atoms with Crippen LogP contribution in [0.5, 0.6) is 0 Å². The van der Waals surface area contributed by atoms with Gasteiger partial charge in [0, 0.05) is 25.8 Å². The summed E-state index contributed by atoms with van der Waals surface area (Å²) in [5.41, 5.74) is 2.53. The van der Waals surface area contributed by atoms with E-state index in [9.17, 15) is 0 Å².